The van der Waals surface area contributed by atoms with Crippen molar-refractivity contribution in [2.24, 2.45) is 21.6 Å². The second kappa shape index (κ2) is 2.70. The van der Waals surface area contributed by atoms with E-state index in [1.165, 1.54) is 6.34 Å². The average molecular weight is 204 g/mol. The quantitative estimate of drug-likeness (QED) is 0.461. The van der Waals surface area contributed by atoms with Crippen LogP contribution in [0.5, 0.6) is 0 Å². The zero-order valence-corrected chi connectivity index (χ0v) is 6.59. The van der Waals surface area contributed by atoms with Crippen molar-refractivity contribution in [2.45, 2.75) is 0 Å². The van der Waals surface area contributed by atoms with Crippen LogP contribution in [0.15, 0.2) is 20.4 Å². The Kier molecular flexibility index (Phi) is 1.91. The fourth-order valence-corrected chi connectivity index (χ4v) is 0.774. The number of hydrogen-bond donors (Lipinski definition) is 3. The smallest absolute Gasteiger partial charge is 0.153 e. The molecule has 1 aliphatic heterocycles. The summed E-state index contributed by atoms with van der Waals surface area (Å²) in [4.78, 5) is 3.70. The van der Waals surface area contributed by atoms with Gasteiger partial charge in [-0.1, -0.05) is 0 Å². The maximum Gasteiger partial charge on any atom is 0.153 e. The summed E-state index contributed by atoms with van der Waals surface area (Å²) in [5.74, 6) is 0.323. The lowest BCUT2D eigenvalue weighted by atomic mass is 10.4. The third-order valence-electron chi connectivity index (χ3n) is 0.926. The lowest BCUT2D eigenvalue weighted by Gasteiger charge is -2.08. The van der Waals surface area contributed by atoms with Gasteiger partial charge in [-0.2, -0.15) is 5.10 Å². The molecule has 1 aliphatic rings. The highest BCUT2D eigenvalue weighted by Gasteiger charge is 2.07. The van der Waals surface area contributed by atoms with Crippen LogP contribution in [0.3, 0.4) is 0 Å². The van der Waals surface area contributed by atoms with Crippen LogP contribution in [0, 0.1) is 0 Å². The minimum Gasteiger partial charge on any atom is -0.391 e. The van der Waals surface area contributed by atoms with E-state index in [1.54, 1.807) is 0 Å². The van der Waals surface area contributed by atoms with Gasteiger partial charge < -0.3 is 11.5 Å². The van der Waals surface area contributed by atoms with Gasteiger partial charge in [-0.25, -0.2) is 4.99 Å². The van der Waals surface area contributed by atoms with Crippen molar-refractivity contribution in [3.63, 3.8) is 0 Å². The maximum atomic E-state index is 5.41. The number of amidine groups is 1. The van der Waals surface area contributed by atoms with Crippen molar-refractivity contribution >= 4 is 28.1 Å². The van der Waals surface area contributed by atoms with E-state index in [2.05, 4.69) is 31.4 Å². The van der Waals surface area contributed by atoms with Gasteiger partial charge in [-0.3, -0.25) is 5.43 Å². The Balaban J connectivity index is 2.94. The molecule has 6 heteroatoms. The van der Waals surface area contributed by atoms with Crippen LogP contribution in [-0.4, -0.2) is 12.2 Å². The summed E-state index contributed by atoms with van der Waals surface area (Å²) in [5, 5.41) is 3.62. The van der Waals surface area contributed by atoms with Crippen molar-refractivity contribution < 1.29 is 0 Å². The van der Waals surface area contributed by atoms with Gasteiger partial charge in [0.25, 0.3) is 0 Å². The molecule has 5 N–H and O–H groups in total. The number of halogens is 1. The van der Waals surface area contributed by atoms with Crippen molar-refractivity contribution in [1.82, 2.24) is 5.43 Å². The number of nitrogens with two attached hydrogens (primary N) is 2. The van der Waals surface area contributed by atoms with Crippen molar-refractivity contribution in [1.29, 1.82) is 0 Å². The molecule has 0 saturated heterocycles. The normalized spacial score (nSPS) is 21.5. The molecule has 0 atom stereocenters. The first kappa shape index (κ1) is 7.07. The second-order valence-electron chi connectivity index (χ2n) is 1.59. The Hall–Kier alpha value is -1.04. The minimum atomic E-state index is 0.323. The predicted octanol–water partition coefficient (Wildman–Crippen LogP) is -0.587. The summed E-state index contributed by atoms with van der Waals surface area (Å²) in [6, 6.07) is 0. The summed E-state index contributed by atoms with van der Waals surface area (Å²) < 4.78 is 0.394. The summed E-state index contributed by atoms with van der Waals surface area (Å²) in [5.41, 5.74) is 13.9. The van der Waals surface area contributed by atoms with Gasteiger partial charge >= 0.3 is 0 Å². The van der Waals surface area contributed by atoms with Gasteiger partial charge in [-0.05, 0) is 15.9 Å². The molecule has 1 heterocycles. The molecular weight excluding hydrogens is 198 g/mol. The molecule has 0 bridgehead atoms. The fourth-order valence-electron chi connectivity index (χ4n) is 0.482. The van der Waals surface area contributed by atoms with Gasteiger partial charge in [0.15, 0.2) is 5.84 Å². The van der Waals surface area contributed by atoms with E-state index in [1.807, 2.05) is 0 Å². The standard InChI is InChI=1S/C4H6BrN5/c5-3(6)2-4(7)8-1-9-10-2/h1,10H,6H2,(H2,7,8,9)/b3-2-. The number of aliphatic imine (C=N–C) groups is 1. The monoisotopic (exact) mass is 203 g/mol. The molecule has 1 rings (SSSR count). The Bertz CT molecular complexity index is 224. The molecule has 0 saturated carbocycles. The summed E-state index contributed by atoms with van der Waals surface area (Å²) in [7, 11) is 0. The third kappa shape index (κ3) is 1.27. The van der Waals surface area contributed by atoms with Crippen LogP contribution >= 0.6 is 15.9 Å². The summed E-state index contributed by atoms with van der Waals surface area (Å²) in [6.07, 6.45) is 1.31. The van der Waals surface area contributed by atoms with Crippen molar-refractivity contribution in [3.05, 3.63) is 10.3 Å². The lowest BCUT2D eigenvalue weighted by Crippen LogP contribution is -2.28. The van der Waals surface area contributed by atoms with E-state index in [0.717, 1.165) is 0 Å². The van der Waals surface area contributed by atoms with Crippen LogP contribution in [-0.2, 0) is 0 Å². The van der Waals surface area contributed by atoms with Crippen molar-refractivity contribution in [3.8, 4) is 0 Å². The molecule has 0 aromatic carbocycles. The number of hydrazone groups is 1. The predicted molar refractivity (Wildman–Crippen MR) is 43.4 cm³/mol. The average Bonchev–Trinajstić information content (AvgIpc) is 1.88. The van der Waals surface area contributed by atoms with Gasteiger partial charge in [0.1, 0.15) is 16.6 Å². The molecule has 0 fully saturated rings. The highest BCUT2D eigenvalue weighted by Crippen LogP contribution is 2.03. The van der Waals surface area contributed by atoms with Crippen LogP contribution in [0.1, 0.15) is 0 Å². The first-order chi connectivity index (χ1) is 4.72. The molecule has 0 radical (unpaired) electrons. The van der Waals surface area contributed by atoms with E-state index < -0.39 is 0 Å². The zero-order chi connectivity index (χ0) is 7.56. The molecule has 5 nitrogen and oxygen atoms in total. The number of hydrogen-bond acceptors (Lipinski definition) is 5. The number of rotatable bonds is 0. The summed E-state index contributed by atoms with van der Waals surface area (Å²) >= 11 is 3.04. The Labute approximate surface area is 66.0 Å². The lowest BCUT2D eigenvalue weighted by molar-refractivity contribution is 0.912. The summed E-state index contributed by atoms with van der Waals surface area (Å²) in [6.45, 7) is 0. The van der Waals surface area contributed by atoms with E-state index in [0.29, 0.717) is 16.1 Å². The minimum absolute atomic E-state index is 0.323. The number of nitrogens with one attached hydrogen (secondary N) is 1. The number of nitrogens with zero attached hydrogens (tertiary/aromatic N) is 2. The maximum absolute atomic E-state index is 5.41. The van der Waals surface area contributed by atoms with E-state index >= 15 is 0 Å². The van der Waals surface area contributed by atoms with Crippen LogP contribution < -0.4 is 16.9 Å². The third-order valence-corrected chi connectivity index (χ3v) is 1.32. The van der Waals surface area contributed by atoms with Crippen molar-refractivity contribution in [2.75, 3.05) is 0 Å². The van der Waals surface area contributed by atoms with Crippen LogP contribution in [0.25, 0.3) is 0 Å². The highest BCUT2D eigenvalue weighted by atomic mass is 79.9. The Morgan fingerprint density at radius 2 is 2.40 bits per heavy atom. The molecule has 0 aromatic rings. The van der Waals surface area contributed by atoms with Crippen LogP contribution in [0.4, 0.5) is 0 Å². The highest BCUT2D eigenvalue weighted by molar-refractivity contribution is 9.11. The molecule has 0 aliphatic carbocycles. The topological polar surface area (TPSA) is 88.8 Å². The van der Waals surface area contributed by atoms with E-state index in [9.17, 15) is 0 Å². The first-order valence-corrected chi connectivity index (χ1v) is 3.27. The Morgan fingerprint density at radius 1 is 1.70 bits per heavy atom. The molecule has 0 amide bonds. The fraction of sp³-hybridized carbons (Fsp3) is 0. The second-order valence-corrected chi connectivity index (χ2v) is 2.45. The van der Waals surface area contributed by atoms with E-state index in [-0.39, 0.29) is 0 Å². The largest absolute Gasteiger partial charge is 0.391 e. The van der Waals surface area contributed by atoms with Gasteiger partial charge in [-0.15, -0.1) is 0 Å². The van der Waals surface area contributed by atoms with E-state index in [4.69, 9.17) is 11.5 Å². The molecule has 54 valence electrons. The van der Waals surface area contributed by atoms with Gasteiger partial charge in [0.2, 0.25) is 0 Å². The SMILES string of the molecule is NC1=NC=NN/C1=C(\N)Br. The molecule has 0 spiro atoms. The van der Waals surface area contributed by atoms with Gasteiger partial charge in [0, 0.05) is 0 Å². The molecule has 10 heavy (non-hydrogen) atoms. The van der Waals surface area contributed by atoms with Gasteiger partial charge in [0.05, 0.1) is 0 Å². The zero-order valence-electron chi connectivity index (χ0n) is 5.00. The molecule has 0 unspecified atom stereocenters. The first-order valence-electron chi connectivity index (χ1n) is 2.48. The molecule has 0 aromatic heterocycles. The molecular formula is C4H6BrN5. The Morgan fingerprint density at radius 3 is 2.80 bits per heavy atom. The van der Waals surface area contributed by atoms with Crippen LogP contribution in [0.2, 0.25) is 0 Å².